The van der Waals surface area contributed by atoms with Crippen molar-refractivity contribution in [3.05, 3.63) is 30.3 Å². The van der Waals surface area contributed by atoms with Gasteiger partial charge in [-0.15, -0.1) is 0 Å². The van der Waals surface area contributed by atoms with E-state index in [0.29, 0.717) is 13.0 Å². The number of hydrogen-bond acceptors (Lipinski definition) is 2. The van der Waals surface area contributed by atoms with Gasteiger partial charge in [0.2, 0.25) is 0 Å². The maximum absolute atomic E-state index is 10.5. The van der Waals surface area contributed by atoms with Crippen LogP contribution in [0.3, 0.4) is 0 Å². The van der Waals surface area contributed by atoms with Crippen LogP contribution in [0.2, 0.25) is 0 Å². The second-order valence-electron chi connectivity index (χ2n) is 2.27. The summed E-state index contributed by atoms with van der Waals surface area (Å²) in [4.78, 5) is 10.5. The van der Waals surface area contributed by atoms with Crippen molar-refractivity contribution in [2.75, 3.05) is 6.61 Å². The summed E-state index contributed by atoms with van der Waals surface area (Å²) < 4.78 is 5.42. The summed E-state index contributed by atoms with van der Waals surface area (Å²) in [6.45, 7) is 0.464. The largest absolute Gasteiger partial charge is 0.493 e. The molecule has 0 aliphatic heterocycles. The SMILES string of the molecule is O=C(I)CCOc1ccccc1. The molecule has 0 aliphatic rings. The number of carbonyl (C=O) groups is 1. The number of ether oxygens (including phenoxy) is 1. The molecule has 0 aliphatic carbocycles. The number of carbonyl (C=O) groups excluding carboxylic acids is 1. The molecule has 2 nitrogen and oxygen atoms in total. The smallest absolute Gasteiger partial charge is 0.195 e. The summed E-state index contributed by atoms with van der Waals surface area (Å²) in [6, 6.07) is 9.48. The van der Waals surface area contributed by atoms with Crippen molar-refractivity contribution in [2.24, 2.45) is 0 Å². The van der Waals surface area contributed by atoms with Crippen molar-refractivity contribution >= 4 is 26.4 Å². The van der Waals surface area contributed by atoms with E-state index in [9.17, 15) is 4.79 Å². The zero-order valence-corrected chi connectivity index (χ0v) is 8.65. The second kappa shape index (κ2) is 5.13. The molecular formula is C9H9IO2. The molecule has 0 N–H and O–H groups in total. The minimum atomic E-state index is 0.128. The normalized spacial score (nSPS) is 9.42. The molecule has 1 aromatic carbocycles. The number of rotatable bonds is 4. The van der Waals surface area contributed by atoms with Crippen LogP contribution in [0.5, 0.6) is 5.75 Å². The van der Waals surface area contributed by atoms with E-state index in [1.54, 1.807) is 22.6 Å². The number of para-hydroxylation sites is 1. The van der Waals surface area contributed by atoms with Crippen LogP contribution in [0.25, 0.3) is 0 Å². The molecule has 0 aromatic heterocycles. The molecule has 64 valence electrons. The molecule has 0 spiro atoms. The van der Waals surface area contributed by atoms with Crippen LogP contribution < -0.4 is 4.74 Å². The number of benzene rings is 1. The Kier molecular flexibility index (Phi) is 4.07. The predicted molar refractivity (Wildman–Crippen MR) is 55.6 cm³/mol. The summed E-state index contributed by atoms with van der Waals surface area (Å²) in [5, 5.41) is 0. The molecule has 0 bridgehead atoms. The zero-order chi connectivity index (χ0) is 8.81. The van der Waals surface area contributed by atoms with E-state index in [4.69, 9.17) is 4.74 Å². The molecule has 0 heterocycles. The first-order valence-electron chi connectivity index (χ1n) is 3.65. The van der Waals surface area contributed by atoms with Crippen molar-refractivity contribution in [1.82, 2.24) is 0 Å². The third kappa shape index (κ3) is 3.71. The number of halogens is 1. The average Bonchev–Trinajstić information content (AvgIpc) is 2.05. The number of hydrogen-bond donors (Lipinski definition) is 0. The van der Waals surface area contributed by atoms with Crippen molar-refractivity contribution in [1.29, 1.82) is 0 Å². The molecule has 0 fully saturated rings. The molecule has 0 unspecified atom stereocenters. The monoisotopic (exact) mass is 276 g/mol. The predicted octanol–water partition coefficient (Wildman–Crippen LogP) is 2.42. The topological polar surface area (TPSA) is 26.3 Å². The Labute approximate surface area is 85.1 Å². The molecule has 1 rings (SSSR count). The van der Waals surface area contributed by atoms with Gasteiger partial charge in [0.1, 0.15) is 5.75 Å². The Hall–Kier alpha value is -0.580. The lowest BCUT2D eigenvalue weighted by atomic mass is 10.3. The maximum atomic E-state index is 10.5. The van der Waals surface area contributed by atoms with Gasteiger partial charge >= 0.3 is 0 Å². The van der Waals surface area contributed by atoms with E-state index in [1.807, 2.05) is 30.3 Å². The standard InChI is InChI=1S/C9H9IO2/c10-9(11)6-7-12-8-4-2-1-3-5-8/h1-5H,6-7H2. The highest BCUT2D eigenvalue weighted by Crippen LogP contribution is 2.08. The molecule has 0 saturated carbocycles. The van der Waals surface area contributed by atoms with Gasteiger partial charge in [-0.25, -0.2) is 0 Å². The highest BCUT2D eigenvalue weighted by atomic mass is 127. The van der Waals surface area contributed by atoms with Crippen LogP contribution >= 0.6 is 22.6 Å². The molecule has 1 aromatic rings. The van der Waals surface area contributed by atoms with E-state index >= 15 is 0 Å². The second-order valence-corrected chi connectivity index (χ2v) is 3.47. The van der Waals surface area contributed by atoms with E-state index in [2.05, 4.69) is 0 Å². The quantitative estimate of drug-likeness (QED) is 0.623. The summed E-state index contributed by atoms with van der Waals surface area (Å²) in [5.41, 5.74) is 0. The van der Waals surface area contributed by atoms with Gasteiger partial charge < -0.3 is 4.74 Å². The van der Waals surface area contributed by atoms with Crippen LogP contribution in [0, 0.1) is 0 Å². The van der Waals surface area contributed by atoms with Gasteiger partial charge in [-0.1, -0.05) is 18.2 Å². The lowest BCUT2D eigenvalue weighted by molar-refractivity contribution is -0.109. The Bertz CT molecular complexity index is 246. The lowest BCUT2D eigenvalue weighted by Gasteiger charge is -2.02. The van der Waals surface area contributed by atoms with Gasteiger partial charge in [0, 0.05) is 0 Å². The van der Waals surface area contributed by atoms with Crippen LogP contribution in [-0.2, 0) is 4.79 Å². The molecule has 3 heteroatoms. The van der Waals surface area contributed by atoms with E-state index in [-0.39, 0.29) is 3.79 Å². The summed E-state index contributed by atoms with van der Waals surface area (Å²) in [7, 11) is 0. The third-order valence-corrected chi connectivity index (χ3v) is 1.85. The molecular weight excluding hydrogens is 267 g/mol. The lowest BCUT2D eigenvalue weighted by Crippen LogP contribution is -2.00. The van der Waals surface area contributed by atoms with E-state index in [0.717, 1.165) is 5.75 Å². The molecule has 12 heavy (non-hydrogen) atoms. The summed E-state index contributed by atoms with van der Waals surface area (Å²) >= 11 is 1.77. The Morgan fingerprint density at radius 3 is 2.58 bits per heavy atom. The third-order valence-electron chi connectivity index (χ3n) is 1.31. The summed E-state index contributed by atoms with van der Waals surface area (Å²) in [6.07, 6.45) is 0.468. The highest BCUT2D eigenvalue weighted by Gasteiger charge is 1.95. The molecule has 0 atom stereocenters. The van der Waals surface area contributed by atoms with E-state index < -0.39 is 0 Å². The van der Waals surface area contributed by atoms with Crippen LogP contribution in [0.1, 0.15) is 6.42 Å². The van der Waals surface area contributed by atoms with Crippen LogP contribution in [0.4, 0.5) is 0 Å². The minimum absolute atomic E-state index is 0.128. The van der Waals surface area contributed by atoms with Crippen molar-refractivity contribution in [2.45, 2.75) is 6.42 Å². The van der Waals surface area contributed by atoms with Gasteiger partial charge in [0.15, 0.2) is 3.79 Å². The first-order chi connectivity index (χ1) is 5.79. The fraction of sp³-hybridized carbons (Fsp3) is 0.222. The maximum Gasteiger partial charge on any atom is 0.195 e. The first kappa shape index (κ1) is 9.51. The molecule has 0 radical (unpaired) electrons. The molecule has 0 saturated heterocycles. The van der Waals surface area contributed by atoms with Crippen LogP contribution in [-0.4, -0.2) is 10.4 Å². The average molecular weight is 276 g/mol. The van der Waals surface area contributed by atoms with Crippen molar-refractivity contribution in [3.63, 3.8) is 0 Å². The van der Waals surface area contributed by atoms with Gasteiger partial charge in [0.25, 0.3) is 0 Å². The highest BCUT2D eigenvalue weighted by molar-refractivity contribution is 14.1. The first-order valence-corrected chi connectivity index (χ1v) is 4.73. The van der Waals surface area contributed by atoms with Crippen molar-refractivity contribution < 1.29 is 9.53 Å². The fourth-order valence-electron chi connectivity index (χ4n) is 0.766. The molecule has 0 amide bonds. The van der Waals surface area contributed by atoms with Gasteiger partial charge in [0.05, 0.1) is 13.0 Å². The summed E-state index contributed by atoms with van der Waals surface area (Å²) in [5.74, 6) is 0.815. The Balaban J connectivity index is 2.29. The van der Waals surface area contributed by atoms with Gasteiger partial charge in [-0.3, -0.25) is 4.79 Å². The Morgan fingerprint density at radius 2 is 2.00 bits per heavy atom. The Morgan fingerprint density at radius 1 is 1.33 bits per heavy atom. The zero-order valence-electron chi connectivity index (χ0n) is 6.50. The van der Waals surface area contributed by atoms with Crippen LogP contribution in [0.15, 0.2) is 30.3 Å². The van der Waals surface area contributed by atoms with Gasteiger partial charge in [-0.05, 0) is 34.7 Å². The van der Waals surface area contributed by atoms with Crippen molar-refractivity contribution in [3.8, 4) is 5.75 Å². The fourth-order valence-corrected chi connectivity index (χ4v) is 0.986. The minimum Gasteiger partial charge on any atom is -0.493 e. The van der Waals surface area contributed by atoms with E-state index in [1.165, 1.54) is 0 Å². The van der Waals surface area contributed by atoms with Gasteiger partial charge in [-0.2, -0.15) is 0 Å².